The van der Waals surface area contributed by atoms with Crippen LogP contribution in [0.5, 0.6) is 11.5 Å². The molecule has 2 aromatic carbocycles. The molecule has 204 valence electrons. The number of benzene rings is 2. The van der Waals surface area contributed by atoms with E-state index >= 15 is 4.39 Å². The summed E-state index contributed by atoms with van der Waals surface area (Å²) in [6, 6.07) is 8.87. The van der Waals surface area contributed by atoms with Crippen molar-refractivity contribution in [3.8, 4) is 11.5 Å². The zero-order chi connectivity index (χ0) is 27.5. The molecule has 1 aromatic heterocycles. The van der Waals surface area contributed by atoms with Crippen molar-refractivity contribution in [1.29, 1.82) is 0 Å². The van der Waals surface area contributed by atoms with E-state index in [1.165, 1.54) is 30.3 Å². The van der Waals surface area contributed by atoms with E-state index in [9.17, 15) is 23.8 Å². The normalized spacial score (nSPS) is 18.0. The van der Waals surface area contributed by atoms with Crippen molar-refractivity contribution in [2.75, 3.05) is 25.6 Å². The van der Waals surface area contributed by atoms with Gasteiger partial charge in [0.05, 0.1) is 42.5 Å². The Morgan fingerprint density at radius 3 is 2.55 bits per heavy atom. The number of carbonyl (C=O) groups is 1. The highest BCUT2D eigenvalue weighted by atomic mass is 19.3. The predicted molar refractivity (Wildman–Crippen MR) is 132 cm³/mol. The van der Waals surface area contributed by atoms with Gasteiger partial charge in [0, 0.05) is 29.7 Å². The number of nitrogens with one attached hydrogen (secondary N) is 1. The van der Waals surface area contributed by atoms with Crippen LogP contribution in [0.4, 0.5) is 18.9 Å². The SMILES string of the molecule is COCC(C)(C)c1cc2cc(NC(=O)C3(c4ccc5c(c4)OC(F)(F)O5)CC3)c(F)cc2n1C[C@H](O)CO. The second-order valence-corrected chi connectivity index (χ2v) is 10.5. The van der Waals surface area contributed by atoms with Crippen molar-refractivity contribution in [2.45, 2.75) is 56.5 Å². The van der Waals surface area contributed by atoms with Gasteiger partial charge in [0.25, 0.3) is 0 Å². The first kappa shape index (κ1) is 26.3. The number of ether oxygens (including phenoxy) is 3. The third-order valence-electron chi connectivity index (χ3n) is 7.18. The summed E-state index contributed by atoms with van der Waals surface area (Å²) in [5.74, 6) is -1.41. The second-order valence-electron chi connectivity index (χ2n) is 10.5. The first-order chi connectivity index (χ1) is 17.9. The molecular formula is C27H29F3N2O6. The largest absolute Gasteiger partial charge is 0.586 e. The lowest BCUT2D eigenvalue weighted by Gasteiger charge is -2.27. The van der Waals surface area contributed by atoms with Gasteiger partial charge in [-0.1, -0.05) is 19.9 Å². The third-order valence-corrected chi connectivity index (χ3v) is 7.18. The molecule has 1 aliphatic carbocycles. The molecule has 1 atom stereocenters. The molecule has 2 heterocycles. The molecule has 5 rings (SSSR count). The molecule has 0 radical (unpaired) electrons. The number of carbonyl (C=O) groups excluding carboxylic acids is 1. The van der Waals surface area contributed by atoms with E-state index in [2.05, 4.69) is 14.8 Å². The zero-order valence-corrected chi connectivity index (χ0v) is 21.2. The van der Waals surface area contributed by atoms with Crippen LogP contribution in [0.3, 0.4) is 0 Å². The topological polar surface area (TPSA) is 102 Å². The van der Waals surface area contributed by atoms with Crippen LogP contribution in [0.25, 0.3) is 10.9 Å². The molecule has 0 saturated heterocycles. The van der Waals surface area contributed by atoms with E-state index in [1.807, 2.05) is 19.9 Å². The summed E-state index contributed by atoms with van der Waals surface area (Å²) in [5, 5.41) is 22.8. The number of amides is 1. The molecule has 1 saturated carbocycles. The van der Waals surface area contributed by atoms with Crippen molar-refractivity contribution in [2.24, 2.45) is 0 Å². The standard InChI is InChI=1S/C27H29F3N2O6/c1-25(2,14-36-3)23-9-15-8-19(18(28)11-20(15)32(23)12-17(34)13-33)31-24(35)26(6-7-26)16-4-5-21-22(10-16)38-27(29,30)37-21/h4-5,8-11,17,33-34H,6-7,12-14H2,1-3H3,(H,31,35)/t17-/m0/s1. The fourth-order valence-electron chi connectivity index (χ4n) is 5.10. The number of methoxy groups -OCH3 is 1. The fraction of sp³-hybridized carbons (Fsp3) is 0.444. The quantitative estimate of drug-likeness (QED) is 0.383. The maximum absolute atomic E-state index is 15.3. The molecule has 11 heteroatoms. The number of alkyl halides is 2. The maximum atomic E-state index is 15.3. The highest BCUT2D eigenvalue weighted by Crippen LogP contribution is 2.52. The summed E-state index contributed by atoms with van der Waals surface area (Å²) in [7, 11) is 1.57. The van der Waals surface area contributed by atoms with E-state index in [-0.39, 0.29) is 23.7 Å². The van der Waals surface area contributed by atoms with Gasteiger partial charge in [-0.15, -0.1) is 8.78 Å². The van der Waals surface area contributed by atoms with Crippen molar-refractivity contribution >= 4 is 22.5 Å². The Morgan fingerprint density at radius 2 is 1.89 bits per heavy atom. The molecule has 8 nitrogen and oxygen atoms in total. The molecule has 3 aromatic rings. The van der Waals surface area contributed by atoms with Crippen LogP contribution in [0, 0.1) is 5.82 Å². The Kier molecular flexibility index (Phi) is 6.36. The van der Waals surface area contributed by atoms with Crippen LogP contribution in [0.2, 0.25) is 0 Å². The minimum absolute atomic E-state index is 0.0306. The minimum atomic E-state index is -3.77. The maximum Gasteiger partial charge on any atom is 0.586 e. The number of halogens is 3. The van der Waals surface area contributed by atoms with E-state index in [1.54, 1.807) is 11.7 Å². The predicted octanol–water partition coefficient (Wildman–Crippen LogP) is 4.05. The number of hydrogen-bond donors (Lipinski definition) is 3. The summed E-state index contributed by atoms with van der Waals surface area (Å²) in [5.41, 5.74) is 0.198. The molecule has 0 bridgehead atoms. The van der Waals surface area contributed by atoms with Crippen LogP contribution < -0.4 is 14.8 Å². The van der Waals surface area contributed by atoms with Gasteiger partial charge in [0.1, 0.15) is 5.82 Å². The Labute approximate surface area is 216 Å². The third kappa shape index (κ3) is 4.59. The van der Waals surface area contributed by atoms with Crippen LogP contribution in [-0.2, 0) is 26.9 Å². The van der Waals surface area contributed by atoms with Gasteiger partial charge in [-0.05, 0) is 42.7 Å². The number of nitrogens with zero attached hydrogens (tertiary/aromatic N) is 1. The first-order valence-electron chi connectivity index (χ1n) is 12.2. The lowest BCUT2D eigenvalue weighted by molar-refractivity contribution is -0.286. The second kappa shape index (κ2) is 9.18. The van der Waals surface area contributed by atoms with Gasteiger partial charge in [-0.2, -0.15) is 0 Å². The lowest BCUT2D eigenvalue weighted by Crippen LogP contribution is -2.30. The van der Waals surface area contributed by atoms with E-state index in [4.69, 9.17) is 4.74 Å². The zero-order valence-electron chi connectivity index (χ0n) is 21.2. The summed E-state index contributed by atoms with van der Waals surface area (Å²) in [4.78, 5) is 13.3. The number of anilines is 1. The van der Waals surface area contributed by atoms with Gasteiger partial charge in [0.15, 0.2) is 11.5 Å². The van der Waals surface area contributed by atoms with Crippen molar-refractivity contribution < 1.29 is 42.4 Å². The molecule has 1 aliphatic heterocycles. The number of aliphatic hydroxyl groups excluding tert-OH is 2. The Hall–Kier alpha value is -3.28. The van der Waals surface area contributed by atoms with Crippen LogP contribution in [0.1, 0.15) is 37.9 Å². The number of fused-ring (bicyclic) bond motifs is 2. The number of aliphatic hydroxyl groups is 2. The Morgan fingerprint density at radius 1 is 1.18 bits per heavy atom. The van der Waals surface area contributed by atoms with Crippen LogP contribution in [0.15, 0.2) is 36.4 Å². The van der Waals surface area contributed by atoms with Gasteiger partial charge in [0.2, 0.25) is 5.91 Å². The highest BCUT2D eigenvalue weighted by Gasteiger charge is 2.53. The summed E-state index contributed by atoms with van der Waals surface area (Å²) >= 11 is 0. The van der Waals surface area contributed by atoms with Gasteiger partial charge in [-0.25, -0.2) is 4.39 Å². The van der Waals surface area contributed by atoms with Crippen LogP contribution >= 0.6 is 0 Å². The van der Waals surface area contributed by atoms with Gasteiger partial charge >= 0.3 is 6.29 Å². The van der Waals surface area contributed by atoms with Crippen molar-refractivity contribution in [1.82, 2.24) is 4.57 Å². The van der Waals surface area contributed by atoms with Gasteiger partial charge < -0.3 is 34.3 Å². The molecule has 38 heavy (non-hydrogen) atoms. The van der Waals surface area contributed by atoms with E-state index < -0.39 is 41.6 Å². The van der Waals surface area contributed by atoms with E-state index in [0.29, 0.717) is 35.9 Å². The Balaban J connectivity index is 1.46. The minimum Gasteiger partial charge on any atom is -0.395 e. The Bertz CT molecular complexity index is 1400. The average molecular weight is 535 g/mol. The smallest absolute Gasteiger partial charge is 0.395 e. The number of aromatic nitrogens is 1. The van der Waals surface area contributed by atoms with Crippen molar-refractivity contribution in [3.05, 3.63) is 53.5 Å². The summed E-state index contributed by atoms with van der Waals surface area (Å²) < 4.78 is 58.3. The monoisotopic (exact) mass is 534 g/mol. The molecular weight excluding hydrogens is 505 g/mol. The van der Waals surface area contributed by atoms with Crippen LogP contribution in [-0.4, -0.2) is 53.4 Å². The average Bonchev–Trinajstić information content (AvgIpc) is 3.50. The van der Waals surface area contributed by atoms with Crippen molar-refractivity contribution in [3.63, 3.8) is 0 Å². The molecule has 2 aliphatic rings. The molecule has 1 fully saturated rings. The first-order valence-corrected chi connectivity index (χ1v) is 12.2. The fourth-order valence-corrected chi connectivity index (χ4v) is 5.10. The lowest BCUT2D eigenvalue weighted by atomic mass is 9.90. The van der Waals surface area contributed by atoms with E-state index in [0.717, 1.165) is 5.69 Å². The summed E-state index contributed by atoms with van der Waals surface area (Å²) in [6.45, 7) is 3.84. The molecule has 0 unspecified atom stereocenters. The molecule has 1 amide bonds. The highest BCUT2D eigenvalue weighted by molar-refractivity contribution is 6.02. The molecule has 0 spiro atoms. The van der Waals surface area contributed by atoms with Gasteiger partial charge in [-0.3, -0.25) is 4.79 Å². The number of rotatable bonds is 9. The number of hydrogen-bond acceptors (Lipinski definition) is 6. The summed E-state index contributed by atoms with van der Waals surface area (Å²) in [6.07, 6.45) is -3.90. The molecule has 3 N–H and O–H groups in total.